The Morgan fingerprint density at radius 3 is 2.44 bits per heavy atom. The van der Waals surface area contributed by atoms with Crippen molar-refractivity contribution in [2.45, 2.75) is 52.6 Å². The predicted molar refractivity (Wildman–Crippen MR) is 98.5 cm³/mol. The quantitative estimate of drug-likeness (QED) is 0.823. The van der Waals surface area contributed by atoms with E-state index in [0.717, 1.165) is 32.5 Å². The molecule has 2 rings (SSSR count). The lowest BCUT2D eigenvalue weighted by Crippen LogP contribution is -2.47. The third kappa shape index (κ3) is 5.05. The molecule has 1 aliphatic rings. The first-order valence-electron chi connectivity index (χ1n) is 9.31. The van der Waals surface area contributed by atoms with E-state index >= 15 is 0 Å². The first kappa shape index (κ1) is 19.4. The molecule has 1 aromatic carbocycles. The zero-order chi connectivity index (χ0) is 18.4. The van der Waals surface area contributed by atoms with Crippen molar-refractivity contribution >= 4 is 11.9 Å². The van der Waals surface area contributed by atoms with E-state index in [9.17, 15) is 14.7 Å². The van der Waals surface area contributed by atoms with Crippen LogP contribution < -0.4 is 0 Å². The number of nitrogens with zero attached hydrogens (tertiary/aromatic N) is 2. The van der Waals surface area contributed by atoms with E-state index in [0.29, 0.717) is 18.5 Å². The average molecular weight is 346 g/mol. The Kier molecular flexibility index (Phi) is 7.00. The molecule has 0 aromatic heterocycles. The van der Waals surface area contributed by atoms with E-state index in [4.69, 9.17) is 0 Å². The molecule has 0 saturated carbocycles. The lowest BCUT2D eigenvalue weighted by Gasteiger charge is -2.36. The molecule has 1 saturated heterocycles. The fraction of sp³-hybridized carbons (Fsp3) is 0.600. The Hall–Kier alpha value is -1.88. The predicted octanol–water partition coefficient (Wildman–Crippen LogP) is 3.24. The van der Waals surface area contributed by atoms with Gasteiger partial charge < -0.3 is 10.0 Å². The molecule has 5 nitrogen and oxygen atoms in total. The van der Waals surface area contributed by atoms with Crippen LogP contribution >= 0.6 is 0 Å². The minimum Gasteiger partial charge on any atom is -0.481 e. The van der Waals surface area contributed by atoms with Gasteiger partial charge in [-0.25, -0.2) is 0 Å². The molecule has 1 aliphatic heterocycles. The number of hydrogen-bond donors (Lipinski definition) is 1. The summed E-state index contributed by atoms with van der Waals surface area (Å²) in [4.78, 5) is 28.1. The number of hydrogen-bond acceptors (Lipinski definition) is 3. The summed E-state index contributed by atoms with van der Waals surface area (Å²) in [5.74, 6) is -1.33. The summed E-state index contributed by atoms with van der Waals surface area (Å²) in [6.07, 6.45) is 2.51. The lowest BCUT2D eigenvalue weighted by molar-refractivity contribution is -0.143. The third-order valence-electron chi connectivity index (χ3n) is 5.09. The first-order valence-corrected chi connectivity index (χ1v) is 9.31. The number of carboxylic acid groups (broad SMARTS) is 1. The Morgan fingerprint density at radius 2 is 1.88 bits per heavy atom. The van der Waals surface area contributed by atoms with Crippen molar-refractivity contribution in [3.63, 3.8) is 0 Å². The number of likely N-dealkylation sites (tertiary alicyclic amines) is 1. The second-order valence-corrected chi connectivity index (χ2v) is 6.98. The number of benzene rings is 1. The zero-order valence-corrected chi connectivity index (χ0v) is 15.6. The summed E-state index contributed by atoms with van der Waals surface area (Å²) < 4.78 is 0. The Labute approximate surface area is 150 Å². The van der Waals surface area contributed by atoms with Gasteiger partial charge in [0.25, 0.3) is 5.91 Å². The van der Waals surface area contributed by atoms with E-state index in [1.807, 2.05) is 31.2 Å². The summed E-state index contributed by atoms with van der Waals surface area (Å²) in [5, 5.41) is 9.24. The molecule has 1 aromatic rings. The van der Waals surface area contributed by atoms with Crippen molar-refractivity contribution < 1.29 is 14.7 Å². The van der Waals surface area contributed by atoms with Crippen LogP contribution in [0, 0.1) is 5.92 Å². The molecule has 1 fully saturated rings. The minimum atomic E-state index is -0.810. The smallest absolute Gasteiger partial charge is 0.308 e. The van der Waals surface area contributed by atoms with Crippen LogP contribution in [-0.2, 0) is 11.3 Å². The van der Waals surface area contributed by atoms with Gasteiger partial charge in [-0.1, -0.05) is 26.0 Å². The van der Waals surface area contributed by atoms with Crippen LogP contribution in [0.2, 0.25) is 0 Å². The van der Waals surface area contributed by atoms with Crippen molar-refractivity contribution in [1.82, 2.24) is 9.80 Å². The fourth-order valence-corrected chi connectivity index (χ4v) is 3.43. The monoisotopic (exact) mass is 346 g/mol. The van der Waals surface area contributed by atoms with E-state index in [1.165, 1.54) is 5.56 Å². The molecule has 2 unspecified atom stereocenters. The van der Waals surface area contributed by atoms with E-state index in [1.54, 1.807) is 4.90 Å². The highest BCUT2D eigenvalue weighted by Crippen LogP contribution is 2.24. The maximum Gasteiger partial charge on any atom is 0.308 e. The van der Waals surface area contributed by atoms with Gasteiger partial charge in [-0.05, 0) is 57.0 Å². The molecule has 0 bridgehead atoms. The third-order valence-corrected chi connectivity index (χ3v) is 5.09. The summed E-state index contributed by atoms with van der Waals surface area (Å²) in [7, 11) is 0. The number of carbonyl (C=O) groups excluding carboxylic acids is 1. The Morgan fingerprint density at radius 1 is 1.20 bits per heavy atom. The number of aliphatic carboxylic acids is 1. The molecule has 0 radical (unpaired) electrons. The van der Waals surface area contributed by atoms with Gasteiger partial charge in [-0.2, -0.15) is 0 Å². The second kappa shape index (κ2) is 8.99. The highest BCUT2D eigenvalue weighted by atomic mass is 16.4. The fourth-order valence-electron chi connectivity index (χ4n) is 3.43. The van der Waals surface area contributed by atoms with Crippen molar-refractivity contribution in [3.8, 4) is 0 Å². The molecule has 138 valence electrons. The van der Waals surface area contributed by atoms with Gasteiger partial charge >= 0.3 is 5.97 Å². The number of rotatable bonds is 7. The van der Waals surface area contributed by atoms with E-state index < -0.39 is 11.9 Å². The van der Waals surface area contributed by atoms with Gasteiger partial charge in [-0.3, -0.25) is 14.5 Å². The lowest BCUT2D eigenvalue weighted by atomic mass is 9.93. The summed E-state index contributed by atoms with van der Waals surface area (Å²) in [6.45, 7) is 9.60. The largest absolute Gasteiger partial charge is 0.481 e. The van der Waals surface area contributed by atoms with E-state index in [2.05, 4.69) is 18.7 Å². The van der Waals surface area contributed by atoms with E-state index in [-0.39, 0.29) is 11.9 Å². The molecule has 1 heterocycles. The maximum absolute atomic E-state index is 12.8. The zero-order valence-electron chi connectivity index (χ0n) is 15.6. The van der Waals surface area contributed by atoms with Gasteiger partial charge in [0.15, 0.2) is 0 Å². The minimum absolute atomic E-state index is 0.0640. The van der Waals surface area contributed by atoms with Crippen LogP contribution in [0.25, 0.3) is 0 Å². The number of piperidine rings is 1. The topological polar surface area (TPSA) is 60.9 Å². The van der Waals surface area contributed by atoms with Crippen LogP contribution in [0.4, 0.5) is 0 Å². The van der Waals surface area contributed by atoms with Gasteiger partial charge in [-0.15, -0.1) is 0 Å². The van der Waals surface area contributed by atoms with Crippen molar-refractivity contribution in [2.24, 2.45) is 5.92 Å². The maximum atomic E-state index is 12.8. The second-order valence-electron chi connectivity index (χ2n) is 6.98. The summed E-state index contributed by atoms with van der Waals surface area (Å²) in [6, 6.07) is 7.84. The average Bonchev–Trinajstić information content (AvgIpc) is 2.61. The van der Waals surface area contributed by atoms with Crippen LogP contribution in [-0.4, -0.2) is 52.5 Å². The van der Waals surface area contributed by atoms with Gasteiger partial charge in [0, 0.05) is 24.7 Å². The standard InChI is InChI=1S/C20H30N2O3/c1-4-12-21(5-2)13-16-7-10-17(11-8-16)19(23)22-14-18(20(24)25)9-6-15(22)3/h7-8,10-11,15,18H,4-6,9,12-14H2,1-3H3,(H,24,25). The van der Waals surface area contributed by atoms with Crippen molar-refractivity contribution in [3.05, 3.63) is 35.4 Å². The molecule has 0 spiro atoms. The normalized spacial score (nSPS) is 20.7. The van der Waals surface area contributed by atoms with Crippen molar-refractivity contribution in [2.75, 3.05) is 19.6 Å². The molecular formula is C20H30N2O3. The summed E-state index contributed by atoms with van der Waals surface area (Å²) in [5.41, 5.74) is 1.84. The molecule has 2 atom stereocenters. The SMILES string of the molecule is CCCN(CC)Cc1ccc(C(=O)N2CC(C(=O)O)CCC2C)cc1. The van der Waals surface area contributed by atoms with Crippen LogP contribution in [0.1, 0.15) is 56.0 Å². The van der Waals surface area contributed by atoms with Gasteiger partial charge in [0.2, 0.25) is 0 Å². The highest BCUT2D eigenvalue weighted by molar-refractivity contribution is 5.94. The molecule has 25 heavy (non-hydrogen) atoms. The number of amides is 1. The molecule has 5 heteroatoms. The molecule has 1 amide bonds. The molecule has 1 N–H and O–H groups in total. The molecular weight excluding hydrogens is 316 g/mol. The molecule has 0 aliphatic carbocycles. The number of carboxylic acids is 1. The van der Waals surface area contributed by atoms with Gasteiger partial charge in [0.1, 0.15) is 0 Å². The van der Waals surface area contributed by atoms with Crippen LogP contribution in [0.15, 0.2) is 24.3 Å². The van der Waals surface area contributed by atoms with Crippen LogP contribution in [0.3, 0.4) is 0 Å². The van der Waals surface area contributed by atoms with Crippen molar-refractivity contribution in [1.29, 1.82) is 0 Å². The summed E-state index contributed by atoms with van der Waals surface area (Å²) >= 11 is 0. The Balaban J connectivity index is 2.05. The number of carbonyl (C=O) groups is 2. The highest BCUT2D eigenvalue weighted by Gasteiger charge is 2.32. The first-order chi connectivity index (χ1) is 12.0. The Bertz CT molecular complexity index is 585. The van der Waals surface area contributed by atoms with Crippen LogP contribution in [0.5, 0.6) is 0 Å². The van der Waals surface area contributed by atoms with Gasteiger partial charge in [0.05, 0.1) is 5.92 Å².